The first kappa shape index (κ1) is 116. The average molecular weight is 2590 g/mol. The van der Waals surface area contributed by atoms with Crippen molar-refractivity contribution >= 4 is 294 Å². The molecule has 20 rings (SSSR count). The fraction of sp³-hybridized carbons (Fsp3) is 0.339. The lowest BCUT2D eigenvalue weighted by Gasteiger charge is -2.26. The summed E-state index contributed by atoms with van der Waals surface area (Å²) in [4.78, 5) is 132. The van der Waals surface area contributed by atoms with Crippen LogP contribution in [0, 0.1) is 112 Å². The number of methoxy groups -OCH3 is 3. The fourth-order valence-electron chi connectivity index (χ4n) is 17.1. The van der Waals surface area contributed by atoms with Gasteiger partial charge in [-0.3, -0.25) is 33.6 Å². The Kier molecular flexibility index (Phi) is 40.8. The quantitative estimate of drug-likeness (QED) is 0.0364. The highest BCUT2D eigenvalue weighted by atomic mass is 127. The number of ether oxygens (including phenoxy) is 4. The summed E-state index contributed by atoms with van der Waals surface area (Å²) in [6.07, 6.45) is 8.43. The zero-order valence-corrected chi connectivity index (χ0v) is 103. The number of morpholine rings is 1. The highest BCUT2D eigenvalue weighted by Gasteiger charge is 2.31. The van der Waals surface area contributed by atoms with E-state index < -0.39 is 0 Å². The normalized spacial score (nSPS) is 12.8. The van der Waals surface area contributed by atoms with Crippen molar-refractivity contribution in [1.29, 1.82) is 0 Å². The highest BCUT2D eigenvalue weighted by molar-refractivity contribution is 14.1. The van der Waals surface area contributed by atoms with Crippen LogP contribution in [0.25, 0.3) is 71.5 Å². The minimum atomic E-state index is -0.0993. The Balaban J connectivity index is 0.000000138. The Morgan fingerprint density at radius 3 is 1.04 bits per heavy atom. The topological polar surface area (TPSA) is 322 Å². The third kappa shape index (κ3) is 29.3. The number of amides is 7. The number of benzene rings is 3. The van der Waals surface area contributed by atoms with Crippen LogP contribution in [-0.4, -0.2) is 148 Å². The molecule has 2 aliphatic carbocycles. The van der Waals surface area contributed by atoms with Crippen LogP contribution in [0.5, 0.6) is 17.2 Å². The number of aryl methyl sites for hydroxylation is 14. The number of hydrogen-bond donors (Lipinski definition) is 6. The number of hydrogen-bond acceptors (Lipinski definition) is 25. The molecule has 14 aromatic heterocycles. The summed E-state index contributed by atoms with van der Waals surface area (Å²) in [6, 6.07) is 39.5. The van der Waals surface area contributed by atoms with Crippen LogP contribution in [0.4, 0.5) is 0 Å². The lowest BCUT2D eigenvalue weighted by atomic mass is 9.95. The number of pyridine rings is 7. The molecule has 0 radical (unpaired) electrons. The number of carbonyl (C=O) groups is 7. The van der Waals surface area contributed by atoms with E-state index in [9.17, 15) is 33.6 Å². The second-order valence-corrected chi connectivity index (χ2v) is 49.6. The first-order chi connectivity index (χ1) is 71.6. The Morgan fingerprint density at radius 1 is 0.367 bits per heavy atom. The third-order valence-corrected chi connectivity index (χ3v) is 39.1. The van der Waals surface area contributed by atoms with E-state index in [0.29, 0.717) is 85.0 Å². The van der Waals surface area contributed by atoms with Gasteiger partial charge in [-0.1, -0.05) is 69.5 Å². The second-order valence-electron chi connectivity index (χ2n) is 37.5. The molecule has 0 atom stereocenters. The van der Waals surface area contributed by atoms with E-state index in [1.54, 1.807) is 21.3 Å². The van der Waals surface area contributed by atoms with Crippen molar-refractivity contribution in [2.24, 2.45) is 11.8 Å². The fourth-order valence-corrected chi connectivity index (χ4v) is 31.6. The maximum absolute atomic E-state index is 12.6. The van der Waals surface area contributed by atoms with Gasteiger partial charge in [-0.2, -0.15) is 0 Å². The zero-order chi connectivity index (χ0) is 108. The van der Waals surface area contributed by atoms with Gasteiger partial charge in [-0.05, 0) is 377 Å². The smallest absolute Gasteiger partial charge is 0.265 e. The van der Waals surface area contributed by atoms with Gasteiger partial charge in [0.25, 0.3) is 41.4 Å². The van der Waals surface area contributed by atoms with E-state index >= 15 is 0 Å². The van der Waals surface area contributed by atoms with E-state index in [2.05, 4.69) is 223 Å². The summed E-state index contributed by atoms with van der Waals surface area (Å²) in [5.41, 5.74) is 18.0. The molecule has 17 aromatic rings. The predicted octanol–water partition coefficient (Wildman–Crippen LogP) is 28.7. The number of halogens is 6. The van der Waals surface area contributed by atoms with Gasteiger partial charge in [0, 0.05) is 133 Å². The molecule has 2 saturated carbocycles. The first-order valence-electron chi connectivity index (χ1n) is 48.9. The van der Waals surface area contributed by atoms with Crippen molar-refractivity contribution in [3.05, 3.63) is 277 Å². The van der Waals surface area contributed by atoms with Gasteiger partial charge in [0.1, 0.15) is 80.3 Å². The highest BCUT2D eigenvalue weighted by Crippen LogP contribution is 2.44. The lowest BCUT2D eigenvalue weighted by Crippen LogP contribution is -2.40. The number of thiophene rings is 7. The number of rotatable bonds is 21. The van der Waals surface area contributed by atoms with Crippen LogP contribution in [0.3, 0.4) is 0 Å². The summed E-state index contributed by atoms with van der Waals surface area (Å²) in [6.45, 7) is 37.8. The van der Waals surface area contributed by atoms with Crippen LogP contribution in [-0.2, 0) is 24.4 Å². The van der Waals surface area contributed by atoms with Crippen molar-refractivity contribution in [2.75, 3.05) is 60.7 Å². The number of carbonyl (C=O) groups excluding carboxylic acids is 7. The molecule has 15 heterocycles. The van der Waals surface area contributed by atoms with E-state index in [4.69, 9.17) is 18.9 Å². The van der Waals surface area contributed by atoms with Crippen LogP contribution < -0.4 is 46.1 Å². The molecular formula is C112H118Br5IN14O11S7. The molecule has 0 spiro atoms. The van der Waals surface area contributed by atoms with Crippen molar-refractivity contribution in [3.63, 3.8) is 0 Å². The molecule has 0 bridgehead atoms. The minimum Gasteiger partial charge on any atom is -0.497 e. The van der Waals surface area contributed by atoms with Gasteiger partial charge in [0.2, 0.25) is 0 Å². The molecule has 786 valence electrons. The molecule has 150 heavy (non-hydrogen) atoms. The second kappa shape index (κ2) is 52.9. The van der Waals surface area contributed by atoms with Gasteiger partial charge in [0.15, 0.2) is 0 Å². The molecule has 1 aliphatic heterocycles. The molecular weight excluding hydrogens is 2470 g/mol. The third-order valence-electron chi connectivity index (χ3n) is 24.9. The Bertz CT molecular complexity index is 7630. The Morgan fingerprint density at radius 2 is 0.673 bits per heavy atom. The van der Waals surface area contributed by atoms with Crippen molar-refractivity contribution in [3.8, 4) is 17.2 Å². The maximum atomic E-state index is 12.6. The van der Waals surface area contributed by atoms with Crippen molar-refractivity contribution in [1.82, 2.24) is 71.7 Å². The molecule has 38 heteroatoms. The van der Waals surface area contributed by atoms with E-state index in [1.807, 2.05) is 183 Å². The summed E-state index contributed by atoms with van der Waals surface area (Å²) in [5, 5.41) is 25.4. The maximum Gasteiger partial charge on any atom is 0.265 e. The largest absolute Gasteiger partial charge is 0.497 e. The van der Waals surface area contributed by atoms with Crippen molar-refractivity contribution < 1.29 is 52.5 Å². The molecule has 3 aliphatic rings. The van der Waals surface area contributed by atoms with Crippen LogP contribution >= 0.6 is 182 Å². The lowest BCUT2D eigenvalue weighted by molar-refractivity contribution is 0.0305. The molecule has 0 unspecified atom stereocenters. The Hall–Kier alpha value is -9.79. The SMILES string of the molecule is COc1ccc(CNC(=O)c2cc3c(C)cc(C)nc3s2)cc1.COc1ccc(CNC(=O)c2sc3nc(C)cc(C)c3c2Br)cc1.COc1ccc(CNC(=O)c2sc3nc(C)cc(C)c3c2I)cc1.Cc1cc(C)c2c(Br)c(C(=O)N3CCOCC3)sc2n1.Cc1cc(C)c2c(Br)c(C(=O)NC3CCCCC3)sc2n1.Cc1cc(C)c2c(Br)c(C(=O)NCC(C)C)sc2n1.Cc1cc(C)c2c(Br)c(C(=O)NCC3CC3)sc2n1. The van der Waals surface area contributed by atoms with Crippen LogP contribution in [0.2, 0.25) is 0 Å². The number of nitrogens with zero attached hydrogens (tertiary/aromatic N) is 8. The number of nitrogens with one attached hydrogen (secondary N) is 6. The van der Waals surface area contributed by atoms with Crippen molar-refractivity contribution in [2.45, 2.75) is 181 Å². The zero-order valence-electron chi connectivity index (χ0n) is 86.8. The van der Waals surface area contributed by atoms with Gasteiger partial charge >= 0.3 is 0 Å². The number of fused-ring (bicyclic) bond motifs is 7. The first-order valence-corrected chi connectivity index (χ1v) is 59.6. The molecule has 3 fully saturated rings. The van der Waals surface area contributed by atoms with Gasteiger partial charge in [-0.15, -0.1) is 79.4 Å². The summed E-state index contributed by atoms with van der Waals surface area (Å²) in [7, 11) is 4.90. The van der Waals surface area contributed by atoms with Gasteiger partial charge < -0.3 is 55.7 Å². The minimum absolute atomic E-state index is 0.0128. The molecule has 3 aromatic carbocycles. The molecule has 7 amide bonds. The van der Waals surface area contributed by atoms with E-state index in [0.717, 1.165) is 249 Å². The predicted molar refractivity (Wildman–Crippen MR) is 641 cm³/mol. The van der Waals surface area contributed by atoms with Gasteiger partial charge in [-0.25, -0.2) is 34.9 Å². The Labute approximate surface area is 956 Å². The van der Waals surface area contributed by atoms with Crippen LogP contribution in [0.15, 0.2) is 144 Å². The van der Waals surface area contributed by atoms with E-state index in [-0.39, 0.29) is 41.4 Å². The van der Waals surface area contributed by atoms with E-state index in [1.165, 1.54) is 111 Å². The molecule has 6 N–H and O–H groups in total. The standard InChI is InChI=1S/C18H17BrN2O2S.C18H17IN2O2S.C18H18N2O2S.C16H19BrN2OS.C14H15BrN2O2S.C14H15BrN2OS.C14H17BrN2OS/c2*1-10-8-11(2)21-18-14(10)15(19)16(24-18)17(22)20-9-12-4-6-13(23-3)7-5-12;1-11-8-12(2)20-18-15(11)9-16(23-18)17(21)19-10-13-4-6-14(22-3)7-5-13;1-9-8-10(2)18-16-12(9)13(17)14(21-16)15(20)19-11-6-4-3-5-7-11;1-8-7-9(2)16-13-10(8)11(15)12(20-13)14(18)17-3-5-19-6-4-17;1-7-5-8(2)17-14-10(7)11(15)12(19-14)13(18)16-6-9-3-4-9;1-7(2)6-16-13(18)12-11(15)10-8(3)5-9(4)17-14(10)19-12/h2*4-8H,9H2,1-3H3,(H,20,22);4-9H,10H2,1-3H3,(H,19,21);8,11H,3-7H2,1-2H3,(H,19,20);7H,3-6H2,1-2H3;5,9H,3-4,6H2,1-2H3,(H,16,18);5,7H,6H2,1-4H3,(H,16,18). The monoisotopic (exact) mass is 2580 g/mol. The molecule has 25 nitrogen and oxygen atoms in total. The van der Waals surface area contributed by atoms with Crippen LogP contribution in [0.1, 0.15) is 222 Å². The average Bonchev–Trinajstić information content (AvgIpc) is 1.64. The number of aromatic nitrogens is 7. The summed E-state index contributed by atoms with van der Waals surface area (Å²) >= 11 is 30.2. The summed E-state index contributed by atoms with van der Waals surface area (Å²) in [5.74, 6) is 3.41. The van der Waals surface area contributed by atoms with Gasteiger partial charge in [0.05, 0.1) is 61.8 Å². The molecule has 1 saturated heterocycles. The summed E-state index contributed by atoms with van der Waals surface area (Å²) < 4.78 is 26.0.